The van der Waals surface area contributed by atoms with Crippen molar-refractivity contribution in [2.75, 3.05) is 25.9 Å². The third-order valence-electron chi connectivity index (χ3n) is 7.09. The first-order valence-corrected chi connectivity index (χ1v) is 12.8. The van der Waals surface area contributed by atoms with Crippen molar-refractivity contribution in [2.45, 2.75) is 31.7 Å². The number of nitrogens with zero attached hydrogens (tertiary/aromatic N) is 5. The molecular weight excluding hydrogens is 499 g/mol. The number of methoxy groups -OCH3 is 1. The van der Waals surface area contributed by atoms with Crippen LogP contribution in [0.1, 0.15) is 41.2 Å². The quantitative estimate of drug-likeness (QED) is 0.266. The number of benzene rings is 2. The van der Waals surface area contributed by atoms with Gasteiger partial charge in [0.25, 0.3) is 0 Å². The number of nitrogen functional groups attached to an aromatic ring is 1. The summed E-state index contributed by atoms with van der Waals surface area (Å²) in [6, 6.07) is 11.8. The van der Waals surface area contributed by atoms with Crippen LogP contribution in [0.4, 0.5) is 10.2 Å². The highest BCUT2D eigenvalue weighted by Crippen LogP contribution is 2.34. The molecule has 1 amide bonds. The lowest BCUT2D eigenvalue weighted by Gasteiger charge is -2.32. The van der Waals surface area contributed by atoms with Gasteiger partial charge < -0.3 is 15.4 Å². The van der Waals surface area contributed by atoms with Gasteiger partial charge in [-0.2, -0.15) is 5.10 Å². The number of hydrogen-bond donors (Lipinski definition) is 1. The van der Waals surface area contributed by atoms with Crippen LogP contribution in [0.2, 0.25) is 0 Å². The number of rotatable bonds is 8. The smallest absolute Gasteiger partial charge is 0.246 e. The number of likely N-dealkylation sites (tertiary alicyclic amines) is 1. The maximum Gasteiger partial charge on any atom is 0.246 e. The molecule has 5 rings (SSSR count). The average molecular weight is 529 g/mol. The highest BCUT2D eigenvalue weighted by Gasteiger charge is 2.28. The van der Waals surface area contributed by atoms with Gasteiger partial charge in [0.15, 0.2) is 11.4 Å². The number of aromatic nitrogens is 4. The predicted octanol–water partition coefficient (Wildman–Crippen LogP) is 4.39. The zero-order valence-electron chi connectivity index (χ0n) is 21.6. The van der Waals surface area contributed by atoms with E-state index in [1.165, 1.54) is 37.7 Å². The number of nitrogens with two attached hydrogens (primary N) is 1. The van der Waals surface area contributed by atoms with Crippen molar-refractivity contribution < 1.29 is 18.7 Å². The Morgan fingerprint density at radius 1 is 1.21 bits per heavy atom. The Morgan fingerprint density at radius 3 is 2.74 bits per heavy atom. The van der Waals surface area contributed by atoms with Gasteiger partial charge in [0.2, 0.25) is 5.91 Å². The molecule has 4 aromatic rings. The van der Waals surface area contributed by atoms with Crippen molar-refractivity contribution in [3.63, 3.8) is 0 Å². The molecule has 39 heavy (non-hydrogen) atoms. The summed E-state index contributed by atoms with van der Waals surface area (Å²) in [6.45, 7) is 4.79. The number of anilines is 1. The normalized spacial score (nSPS) is 15.3. The Bertz CT molecular complexity index is 1550. The van der Waals surface area contributed by atoms with Crippen molar-refractivity contribution in [3.05, 3.63) is 78.4 Å². The largest absolute Gasteiger partial charge is 0.497 e. The van der Waals surface area contributed by atoms with E-state index in [1.807, 2.05) is 28.9 Å². The van der Waals surface area contributed by atoms with E-state index in [4.69, 9.17) is 15.6 Å². The lowest BCUT2D eigenvalue weighted by molar-refractivity contribution is -0.127. The molecule has 0 aliphatic carbocycles. The number of carbonyl (C=O) groups excluding carboxylic acids is 2. The topological polar surface area (TPSA) is 116 Å². The van der Waals surface area contributed by atoms with Gasteiger partial charge in [-0.3, -0.25) is 9.59 Å². The molecule has 0 spiro atoms. The second-order valence-electron chi connectivity index (χ2n) is 9.50. The SMILES string of the molecule is C=CC(=O)N1CCC[C@@H](n2nc(-c3ccc(CCC(=O)c4cc(OC)ccc4F)cc3)c3c(N)ncnc32)C1. The summed E-state index contributed by atoms with van der Waals surface area (Å²) in [5.74, 6) is -0.193. The molecule has 1 aliphatic heterocycles. The van der Waals surface area contributed by atoms with Gasteiger partial charge in [-0.05, 0) is 49.1 Å². The van der Waals surface area contributed by atoms with Crippen LogP contribution in [0, 0.1) is 5.82 Å². The number of fused-ring (bicyclic) bond motifs is 1. The fraction of sp³-hybridized carbons (Fsp3) is 0.276. The fourth-order valence-corrected chi connectivity index (χ4v) is 5.00. The second kappa shape index (κ2) is 11.0. The van der Waals surface area contributed by atoms with Crippen LogP contribution in [0.25, 0.3) is 22.3 Å². The Balaban J connectivity index is 1.38. The summed E-state index contributed by atoms with van der Waals surface area (Å²) in [5.41, 5.74) is 9.31. The molecule has 1 atom stereocenters. The minimum Gasteiger partial charge on any atom is -0.497 e. The van der Waals surface area contributed by atoms with Crippen LogP contribution in [0.3, 0.4) is 0 Å². The van der Waals surface area contributed by atoms with Crippen LogP contribution in [0.15, 0.2) is 61.4 Å². The van der Waals surface area contributed by atoms with E-state index in [2.05, 4.69) is 16.5 Å². The highest BCUT2D eigenvalue weighted by molar-refractivity contribution is 5.98. The van der Waals surface area contributed by atoms with E-state index in [0.717, 1.165) is 24.0 Å². The van der Waals surface area contributed by atoms with Crippen molar-refractivity contribution in [3.8, 4) is 17.0 Å². The number of piperidine rings is 1. The van der Waals surface area contributed by atoms with Gasteiger partial charge in [0.1, 0.15) is 29.4 Å². The number of ketones is 1. The second-order valence-corrected chi connectivity index (χ2v) is 9.50. The van der Waals surface area contributed by atoms with Crippen molar-refractivity contribution >= 4 is 28.5 Å². The number of Topliss-reactive ketones (excluding diaryl/α,β-unsaturated/α-hetero) is 1. The molecule has 3 heterocycles. The molecule has 1 saturated heterocycles. The first kappa shape index (κ1) is 26.0. The molecule has 2 aromatic carbocycles. The van der Waals surface area contributed by atoms with Crippen LogP contribution >= 0.6 is 0 Å². The zero-order chi connectivity index (χ0) is 27.5. The maximum absolute atomic E-state index is 14.2. The average Bonchev–Trinajstić information content (AvgIpc) is 3.37. The van der Waals surface area contributed by atoms with Crippen LogP contribution in [-0.4, -0.2) is 56.5 Å². The van der Waals surface area contributed by atoms with E-state index in [-0.39, 0.29) is 29.7 Å². The van der Waals surface area contributed by atoms with E-state index >= 15 is 0 Å². The number of halogens is 1. The summed E-state index contributed by atoms with van der Waals surface area (Å²) >= 11 is 0. The first-order chi connectivity index (χ1) is 18.9. The Labute approximate surface area is 225 Å². The lowest BCUT2D eigenvalue weighted by Crippen LogP contribution is -2.40. The van der Waals surface area contributed by atoms with Gasteiger partial charge in [-0.1, -0.05) is 30.8 Å². The van der Waals surface area contributed by atoms with Crippen LogP contribution in [-0.2, 0) is 11.2 Å². The van der Waals surface area contributed by atoms with E-state index in [0.29, 0.717) is 47.8 Å². The minimum atomic E-state index is -0.562. The molecule has 0 unspecified atom stereocenters. The summed E-state index contributed by atoms with van der Waals surface area (Å²) in [4.78, 5) is 35.3. The molecule has 9 nitrogen and oxygen atoms in total. The third kappa shape index (κ3) is 5.22. The molecule has 1 aliphatic rings. The summed E-state index contributed by atoms with van der Waals surface area (Å²) in [7, 11) is 1.47. The number of hydrogen-bond acceptors (Lipinski definition) is 7. The summed E-state index contributed by atoms with van der Waals surface area (Å²) in [5, 5.41) is 5.55. The van der Waals surface area contributed by atoms with E-state index in [9.17, 15) is 14.0 Å². The standard InChI is InChI=1S/C29H29FN6O3/c1-3-25(38)35-14-4-5-20(16-35)36-29-26(28(31)32-17-33-29)27(34-36)19-9-6-18(7-10-19)8-13-24(37)22-15-21(39-2)11-12-23(22)30/h3,6-7,9-12,15,17,20H,1,4-5,8,13-14,16H2,2H3,(H2,31,32,33)/t20-/m1/s1. The number of ether oxygens (including phenoxy) is 1. The zero-order valence-corrected chi connectivity index (χ0v) is 21.6. The van der Waals surface area contributed by atoms with Gasteiger partial charge in [0.05, 0.1) is 24.1 Å². The Morgan fingerprint density at radius 2 is 2.00 bits per heavy atom. The Kier molecular flexibility index (Phi) is 7.36. The molecule has 0 radical (unpaired) electrons. The number of amides is 1. The molecule has 200 valence electrons. The first-order valence-electron chi connectivity index (χ1n) is 12.8. The van der Waals surface area contributed by atoms with E-state index in [1.54, 1.807) is 4.90 Å². The van der Waals surface area contributed by atoms with E-state index < -0.39 is 5.82 Å². The van der Waals surface area contributed by atoms with Crippen molar-refractivity contribution in [1.29, 1.82) is 0 Å². The minimum absolute atomic E-state index is 0.0227. The highest BCUT2D eigenvalue weighted by atomic mass is 19.1. The summed E-state index contributed by atoms with van der Waals surface area (Å²) < 4.78 is 21.1. The number of aryl methyl sites for hydroxylation is 1. The van der Waals surface area contributed by atoms with Gasteiger partial charge in [-0.15, -0.1) is 0 Å². The molecular formula is C29H29FN6O3. The van der Waals surface area contributed by atoms with Crippen LogP contribution in [0.5, 0.6) is 5.75 Å². The van der Waals surface area contributed by atoms with Crippen LogP contribution < -0.4 is 10.5 Å². The summed E-state index contributed by atoms with van der Waals surface area (Å²) in [6.07, 6.45) is 5.04. The molecule has 2 aromatic heterocycles. The van der Waals surface area contributed by atoms with Crippen molar-refractivity contribution in [1.82, 2.24) is 24.6 Å². The predicted molar refractivity (Wildman–Crippen MR) is 146 cm³/mol. The molecule has 0 bridgehead atoms. The third-order valence-corrected chi connectivity index (χ3v) is 7.09. The molecule has 2 N–H and O–H groups in total. The van der Waals surface area contributed by atoms with Gasteiger partial charge in [-0.25, -0.2) is 19.0 Å². The fourth-order valence-electron chi connectivity index (χ4n) is 5.00. The molecule has 1 fully saturated rings. The monoisotopic (exact) mass is 528 g/mol. The number of carbonyl (C=O) groups is 2. The molecule has 0 saturated carbocycles. The molecule has 10 heteroatoms. The lowest BCUT2D eigenvalue weighted by atomic mass is 10.0. The van der Waals surface area contributed by atoms with Gasteiger partial charge in [0, 0.05) is 25.1 Å². The van der Waals surface area contributed by atoms with Crippen molar-refractivity contribution in [2.24, 2.45) is 0 Å². The Hall–Kier alpha value is -4.60. The van der Waals surface area contributed by atoms with Gasteiger partial charge >= 0.3 is 0 Å². The maximum atomic E-state index is 14.2.